The topological polar surface area (TPSA) is 0 Å². The molecule has 1 fully saturated rings. The zero-order valence-electron chi connectivity index (χ0n) is 7.78. The summed E-state index contributed by atoms with van der Waals surface area (Å²) in [7, 11) is 0. The lowest BCUT2D eigenvalue weighted by Gasteiger charge is -2.40. The molecule has 1 aliphatic carbocycles. The average molecular weight is 140 g/mol. The van der Waals surface area contributed by atoms with Gasteiger partial charge in [0.1, 0.15) is 0 Å². The second-order valence-corrected chi connectivity index (χ2v) is 4.65. The fourth-order valence-corrected chi connectivity index (χ4v) is 2.13. The SMILES string of the molecule is C[C@H]1CCCC(C)(C)[C@H]1C. The minimum absolute atomic E-state index is 0.609. The van der Waals surface area contributed by atoms with Gasteiger partial charge in [0.2, 0.25) is 0 Å². The zero-order chi connectivity index (χ0) is 7.78. The molecule has 0 bridgehead atoms. The van der Waals surface area contributed by atoms with Gasteiger partial charge >= 0.3 is 0 Å². The van der Waals surface area contributed by atoms with Gasteiger partial charge in [0, 0.05) is 0 Å². The van der Waals surface area contributed by atoms with Crippen LogP contribution in [0.15, 0.2) is 0 Å². The molecule has 0 aromatic rings. The highest BCUT2D eigenvalue weighted by molar-refractivity contribution is 4.83. The van der Waals surface area contributed by atoms with Crippen molar-refractivity contribution in [1.29, 1.82) is 0 Å². The first-order valence-corrected chi connectivity index (χ1v) is 4.54. The normalized spacial score (nSPS) is 39.6. The number of rotatable bonds is 0. The molecule has 0 spiro atoms. The standard InChI is InChI=1S/C10H20/c1-8-6-5-7-10(3,4)9(8)2/h8-9H,5-7H2,1-4H3/t8-,9-/m0/s1. The molecule has 0 nitrogen and oxygen atoms in total. The molecule has 10 heavy (non-hydrogen) atoms. The van der Waals surface area contributed by atoms with Gasteiger partial charge in [-0.1, -0.05) is 40.5 Å². The van der Waals surface area contributed by atoms with Crippen molar-refractivity contribution in [3.05, 3.63) is 0 Å². The maximum atomic E-state index is 2.41. The van der Waals surface area contributed by atoms with Crippen LogP contribution in [0, 0.1) is 17.3 Å². The van der Waals surface area contributed by atoms with E-state index < -0.39 is 0 Å². The van der Waals surface area contributed by atoms with Crippen molar-refractivity contribution < 1.29 is 0 Å². The van der Waals surface area contributed by atoms with Gasteiger partial charge in [-0.15, -0.1) is 0 Å². The van der Waals surface area contributed by atoms with E-state index in [4.69, 9.17) is 0 Å². The second kappa shape index (κ2) is 2.56. The average Bonchev–Trinajstić information content (AvgIpc) is 1.83. The summed E-state index contributed by atoms with van der Waals surface area (Å²) in [5, 5.41) is 0. The number of hydrogen-bond acceptors (Lipinski definition) is 0. The van der Waals surface area contributed by atoms with Crippen LogP contribution in [0.25, 0.3) is 0 Å². The van der Waals surface area contributed by atoms with Crippen LogP contribution in [0.5, 0.6) is 0 Å². The Labute approximate surface area is 65.0 Å². The van der Waals surface area contributed by atoms with Crippen LogP contribution >= 0.6 is 0 Å². The molecule has 1 rings (SSSR count). The van der Waals surface area contributed by atoms with E-state index in [9.17, 15) is 0 Å². The minimum Gasteiger partial charge on any atom is -0.0622 e. The Bertz CT molecular complexity index is 113. The van der Waals surface area contributed by atoms with E-state index in [2.05, 4.69) is 27.7 Å². The molecular weight excluding hydrogens is 120 g/mol. The van der Waals surface area contributed by atoms with Gasteiger partial charge < -0.3 is 0 Å². The summed E-state index contributed by atoms with van der Waals surface area (Å²) >= 11 is 0. The van der Waals surface area contributed by atoms with Crippen molar-refractivity contribution in [2.45, 2.75) is 47.0 Å². The van der Waals surface area contributed by atoms with Crippen LogP contribution in [0.2, 0.25) is 0 Å². The maximum absolute atomic E-state index is 2.41. The van der Waals surface area contributed by atoms with Gasteiger partial charge in [0.05, 0.1) is 0 Å². The molecule has 1 saturated carbocycles. The summed E-state index contributed by atoms with van der Waals surface area (Å²) in [4.78, 5) is 0. The third-order valence-electron chi connectivity index (χ3n) is 3.57. The third-order valence-corrected chi connectivity index (χ3v) is 3.57. The Morgan fingerprint density at radius 1 is 1.20 bits per heavy atom. The molecule has 1 aliphatic rings. The molecule has 60 valence electrons. The van der Waals surface area contributed by atoms with Gasteiger partial charge in [-0.05, 0) is 23.7 Å². The van der Waals surface area contributed by atoms with E-state index >= 15 is 0 Å². The molecule has 0 saturated heterocycles. The lowest BCUT2D eigenvalue weighted by Crippen LogP contribution is -2.31. The first-order chi connectivity index (χ1) is 4.54. The smallest absolute Gasteiger partial charge is 0.0326 e. The lowest BCUT2D eigenvalue weighted by molar-refractivity contribution is 0.0996. The molecular formula is C10H20. The quantitative estimate of drug-likeness (QED) is 0.483. The van der Waals surface area contributed by atoms with E-state index in [1.807, 2.05) is 0 Å². The van der Waals surface area contributed by atoms with Crippen LogP contribution in [0.3, 0.4) is 0 Å². The van der Waals surface area contributed by atoms with Crippen LogP contribution in [-0.4, -0.2) is 0 Å². The van der Waals surface area contributed by atoms with Gasteiger partial charge in [-0.3, -0.25) is 0 Å². The minimum atomic E-state index is 0.609. The van der Waals surface area contributed by atoms with Crippen molar-refractivity contribution in [1.82, 2.24) is 0 Å². The van der Waals surface area contributed by atoms with Gasteiger partial charge in [-0.25, -0.2) is 0 Å². The largest absolute Gasteiger partial charge is 0.0622 e. The molecule has 0 unspecified atom stereocenters. The first-order valence-electron chi connectivity index (χ1n) is 4.54. The highest BCUT2D eigenvalue weighted by Gasteiger charge is 2.32. The number of hydrogen-bond donors (Lipinski definition) is 0. The van der Waals surface area contributed by atoms with E-state index in [0.717, 1.165) is 11.8 Å². The van der Waals surface area contributed by atoms with E-state index in [-0.39, 0.29) is 0 Å². The summed E-state index contributed by atoms with van der Waals surface area (Å²) < 4.78 is 0. The summed E-state index contributed by atoms with van der Waals surface area (Å²) in [5.74, 6) is 1.87. The van der Waals surface area contributed by atoms with Gasteiger partial charge in [0.25, 0.3) is 0 Å². The summed E-state index contributed by atoms with van der Waals surface area (Å²) in [6, 6.07) is 0. The van der Waals surface area contributed by atoms with Gasteiger partial charge in [0.15, 0.2) is 0 Å². The van der Waals surface area contributed by atoms with Crippen LogP contribution < -0.4 is 0 Å². The Hall–Kier alpha value is 0. The summed E-state index contributed by atoms with van der Waals surface area (Å²) in [6.45, 7) is 9.62. The van der Waals surface area contributed by atoms with Gasteiger partial charge in [-0.2, -0.15) is 0 Å². The molecule has 0 amide bonds. The summed E-state index contributed by atoms with van der Waals surface area (Å²) in [5.41, 5.74) is 0.609. The fraction of sp³-hybridized carbons (Fsp3) is 1.00. The highest BCUT2D eigenvalue weighted by atomic mass is 14.4. The van der Waals surface area contributed by atoms with Crippen molar-refractivity contribution >= 4 is 0 Å². The first kappa shape index (κ1) is 8.10. The molecule has 0 N–H and O–H groups in total. The molecule has 0 aromatic carbocycles. The predicted molar refractivity (Wildman–Crippen MR) is 46.0 cm³/mol. The van der Waals surface area contributed by atoms with Crippen molar-refractivity contribution in [2.75, 3.05) is 0 Å². The highest BCUT2D eigenvalue weighted by Crippen LogP contribution is 2.43. The van der Waals surface area contributed by atoms with Crippen LogP contribution in [0.4, 0.5) is 0 Å². The molecule has 0 radical (unpaired) electrons. The fourth-order valence-electron chi connectivity index (χ4n) is 2.13. The summed E-state index contributed by atoms with van der Waals surface area (Å²) in [6.07, 6.45) is 4.32. The Morgan fingerprint density at radius 2 is 1.80 bits per heavy atom. The third kappa shape index (κ3) is 1.36. The van der Waals surface area contributed by atoms with Crippen LogP contribution in [0.1, 0.15) is 47.0 Å². The van der Waals surface area contributed by atoms with Crippen molar-refractivity contribution in [3.63, 3.8) is 0 Å². The van der Waals surface area contributed by atoms with Crippen molar-refractivity contribution in [2.24, 2.45) is 17.3 Å². The predicted octanol–water partition coefficient (Wildman–Crippen LogP) is 3.47. The molecule has 0 heterocycles. The lowest BCUT2D eigenvalue weighted by atomic mass is 9.65. The molecule has 0 heteroatoms. The van der Waals surface area contributed by atoms with Crippen LogP contribution in [-0.2, 0) is 0 Å². The Balaban J connectivity index is 2.60. The van der Waals surface area contributed by atoms with E-state index in [0.29, 0.717) is 5.41 Å². The van der Waals surface area contributed by atoms with E-state index in [1.165, 1.54) is 19.3 Å². The molecule has 0 aliphatic heterocycles. The monoisotopic (exact) mass is 140 g/mol. The maximum Gasteiger partial charge on any atom is -0.0326 e. The van der Waals surface area contributed by atoms with E-state index in [1.54, 1.807) is 0 Å². The molecule has 2 atom stereocenters. The molecule has 0 aromatic heterocycles. The van der Waals surface area contributed by atoms with Crippen molar-refractivity contribution in [3.8, 4) is 0 Å². The Kier molecular flexibility index (Phi) is 2.07. The second-order valence-electron chi connectivity index (χ2n) is 4.65. The Morgan fingerprint density at radius 3 is 2.20 bits per heavy atom. The zero-order valence-corrected chi connectivity index (χ0v) is 7.78.